The number of nitrogen functional groups attached to an aromatic ring is 1. The van der Waals surface area contributed by atoms with Crippen LogP contribution in [-0.2, 0) is 0 Å². The van der Waals surface area contributed by atoms with E-state index in [0.717, 1.165) is 10.2 Å². The maximum Gasteiger partial charge on any atom is 0.298 e. The second-order valence-electron chi connectivity index (χ2n) is 3.99. The molecule has 0 amide bonds. The number of hydrogen-bond donors (Lipinski definition) is 1. The monoisotopic (exact) mass is 274 g/mol. The molecule has 2 rings (SSSR count). The van der Waals surface area contributed by atoms with E-state index in [1.165, 1.54) is 17.3 Å². The van der Waals surface area contributed by atoms with Crippen LogP contribution >= 0.6 is 11.8 Å². The predicted octanol–water partition coefficient (Wildman–Crippen LogP) is 1.55. The maximum atomic E-state index is 11.9. The molecule has 98 valence electrons. The van der Waals surface area contributed by atoms with Crippen LogP contribution in [-0.4, -0.2) is 21.1 Å². The highest BCUT2D eigenvalue weighted by molar-refractivity contribution is 7.98. The van der Waals surface area contributed by atoms with Crippen LogP contribution in [0.15, 0.2) is 34.2 Å². The van der Waals surface area contributed by atoms with Crippen LogP contribution in [0.25, 0.3) is 12.2 Å². The average molecular weight is 274 g/mol. The van der Waals surface area contributed by atoms with Gasteiger partial charge in [-0.1, -0.05) is 47.7 Å². The van der Waals surface area contributed by atoms with E-state index in [9.17, 15) is 4.79 Å². The minimum atomic E-state index is -0.359. The molecule has 5 nitrogen and oxygen atoms in total. The number of aryl methyl sites for hydroxylation is 1. The first-order valence-corrected chi connectivity index (χ1v) is 6.88. The number of nitrogens with two attached hydrogens (primary N) is 1. The minimum absolute atomic E-state index is 0.223. The van der Waals surface area contributed by atoms with Crippen molar-refractivity contribution >= 4 is 23.9 Å². The summed E-state index contributed by atoms with van der Waals surface area (Å²) in [6.07, 6.45) is 5.21. The molecule has 0 aliphatic carbocycles. The van der Waals surface area contributed by atoms with Crippen molar-refractivity contribution in [3.8, 4) is 0 Å². The predicted molar refractivity (Wildman–Crippen MR) is 78.3 cm³/mol. The van der Waals surface area contributed by atoms with E-state index in [1.54, 1.807) is 12.3 Å². The number of rotatable bonds is 3. The van der Waals surface area contributed by atoms with Gasteiger partial charge >= 0.3 is 0 Å². The Morgan fingerprint density at radius 3 is 2.53 bits per heavy atom. The zero-order valence-corrected chi connectivity index (χ0v) is 11.5. The van der Waals surface area contributed by atoms with E-state index >= 15 is 0 Å². The standard InChI is InChI=1S/C13H14N4OS/c1-9-3-5-10(6-4-9)7-8-11-12(18)17(14)13(19-2)16-15-11/h3-8H,14H2,1-2H3/b8-7+. The molecule has 0 unspecified atom stereocenters. The van der Waals surface area contributed by atoms with Crippen molar-refractivity contribution in [3.05, 3.63) is 51.4 Å². The molecule has 1 aromatic heterocycles. The normalized spacial score (nSPS) is 11.1. The van der Waals surface area contributed by atoms with Crippen molar-refractivity contribution in [3.63, 3.8) is 0 Å². The number of hydrogen-bond acceptors (Lipinski definition) is 5. The molecular weight excluding hydrogens is 260 g/mol. The van der Waals surface area contributed by atoms with Gasteiger partial charge in [-0.3, -0.25) is 4.79 Å². The first-order chi connectivity index (χ1) is 9.11. The van der Waals surface area contributed by atoms with Gasteiger partial charge < -0.3 is 5.84 Å². The number of thioether (sulfide) groups is 1. The van der Waals surface area contributed by atoms with Crippen LogP contribution in [0.4, 0.5) is 0 Å². The van der Waals surface area contributed by atoms with Gasteiger partial charge in [0.25, 0.3) is 5.56 Å². The smallest absolute Gasteiger partial charge is 0.298 e. The van der Waals surface area contributed by atoms with Crippen LogP contribution in [0.3, 0.4) is 0 Å². The molecule has 0 bridgehead atoms. The molecule has 0 fully saturated rings. The van der Waals surface area contributed by atoms with Crippen molar-refractivity contribution in [2.45, 2.75) is 12.1 Å². The number of aromatic nitrogens is 3. The van der Waals surface area contributed by atoms with Gasteiger partial charge in [-0.25, -0.2) is 0 Å². The first kappa shape index (κ1) is 13.4. The van der Waals surface area contributed by atoms with Crippen LogP contribution in [0.2, 0.25) is 0 Å². The summed E-state index contributed by atoms with van der Waals surface area (Å²) >= 11 is 1.27. The topological polar surface area (TPSA) is 73.8 Å². The van der Waals surface area contributed by atoms with Crippen LogP contribution < -0.4 is 11.4 Å². The third-order valence-corrected chi connectivity index (χ3v) is 3.22. The summed E-state index contributed by atoms with van der Waals surface area (Å²) in [7, 11) is 0. The fraction of sp³-hybridized carbons (Fsp3) is 0.154. The zero-order chi connectivity index (χ0) is 13.8. The van der Waals surface area contributed by atoms with Crippen molar-refractivity contribution in [1.82, 2.24) is 14.9 Å². The van der Waals surface area contributed by atoms with Crippen LogP contribution in [0.1, 0.15) is 16.8 Å². The Morgan fingerprint density at radius 2 is 1.89 bits per heavy atom. The first-order valence-electron chi connectivity index (χ1n) is 5.65. The molecule has 19 heavy (non-hydrogen) atoms. The quantitative estimate of drug-likeness (QED) is 0.679. The average Bonchev–Trinajstić information content (AvgIpc) is 2.42. The van der Waals surface area contributed by atoms with Crippen LogP contribution in [0.5, 0.6) is 0 Å². The van der Waals surface area contributed by atoms with Crippen molar-refractivity contribution < 1.29 is 0 Å². The van der Waals surface area contributed by atoms with Gasteiger partial charge in [-0.2, -0.15) is 4.68 Å². The summed E-state index contributed by atoms with van der Waals surface area (Å²) in [5.74, 6) is 5.63. The third kappa shape index (κ3) is 3.03. The van der Waals surface area contributed by atoms with E-state index in [2.05, 4.69) is 10.2 Å². The van der Waals surface area contributed by atoms with Gasteiger partial charge in [0, 0.05) is 0 Å². The van der Waals surface area contributed by atoms with Gasteiger partial charge in [0.15, 0.2) is 5.69 Å². The second-order valence-corrected chi connectivity index (χ2v) is 4.76. The molecule has 1 heterocycles. The van der Waals surface area contributed by atoms with Crippen molar-refractivity contribution in [1.29, 1.82) is 0 Å². The lowest BCUT2D eigenvalue weighted by molar-refractivity contribution is 0.695. The van der Waals surface area contributed by atoms with Gasteiger partial charge in [0.1, 0.15) is 0 Å². The summed E-state index contributed by atoms with van der Waals surface area (Å²) in [6.45, 7) is 2.02. The maximum absolute atomic E-state index is 11.9. The van der Waals surface area contributed by atoms with E-state index in [1.807, 2.05) is 37.3 Å². The van der Waals surface area contributed by atoms with Gasteiger partial charge in [0.05, 0.1) is 0 Å². The molecule has 0 spiro atoms. The molecule has 2 aromatic rings. The molecule has 2 N–H and O–H groups in total. The summed E-state index contributed by atoms with van der Waals surface area (Å²) in [5, 5.41) is 8.14. The lowest BCUT2D eigenvalue weighted by Gasteiger charge is -2.02. The largest absolute Gasteiger partial charge is 0.334 e. The summed E-state index contributed by atoms with van der Waals surface area (Å²) in [4.78, 5) is 11.9. The van der Waals surface area contributed by atoms with Gasteiger partial charge in [0.2, 0.25) is 5.16 Å². The van der Waals surface area contributed by atoms with E-state index in [4.69, 9.17) is 5.84 Å². The zero-order valence-electron chi connectivity index (χ0n) is 10.7. The molecule has 0 saturated heterocycles. The van der Waals surface area contributed by atoms with Crippen molar-refractivity contribution in [2.75, 3.05) is 12.1 Å². The lowest BCUT2D eigenvalue weighted by atomic mass is 10.1. The Labute approximate surface area is 115 Å². The Hall–Kier alpha value is -2.08. The fourth-order valence-electron chi connectivity index (χ4n) is 1.49. The molecule has 0 atom stereocenters. The summed E-state index contributed by atoms with van der Waals surface area (Å²) in [6, 6.07) is 7.94. The molecular formula is C13H14N4OS. The number of nitrogens with zero attached hydrogens (tertiary/aromatic N) is 3. The van der Waals surface area contributed by atoms with E-state index < -0.39 is 0 Å². The van der Waals surface area contributed by atoms with E-state index in [0.29, 0.717) is 5.16 Å². The Kier molecular flexibility index (Phi) is 4.01. The van der Waals surface area contributed by atoms with Crippen molar-refractivity contribution in [2.24, 2.45) is 0 Å². The molecule has 1 aromatic carbocycles. The minimum Gasteiger partial charge on any atom is -0.334 e. The third-order valence-electron chi connectivity index (χ3n) is 2.58. The fourth-order valence-corrected chi connectivity index (χ4v) is 1.90. The molecule has 0 radical (unpaired) electrons. The highest BCUT2D eigenvalue weighted by atomic mass is 32.2. The Bertz CT molecular complexity index is 661. The van der Waals surface area contributed by atoms with Crippen LogP contribution in [0, 0.1) is 6.92 Å². The molecule has 6 heteroatoms. The molecule has 0 aliphatic heterocycles. The highest BCUT2D eigenvalue weighted by Gasteiger charge is 2.06. The second kappa shape index (κ2) is 5.71. The Balaban J connectivity index is 2.31. The summed E-state index contributed by atoms with van der Waals surface area (Å²) in [5.41, 5.74) is 2.04. The Morgan fingerprint density at radius 1 is 1.21 bits per heavy atom. The highest BCUT2D eigenvalue weighted by Crippen LogP contribution is 2.08. The summed E-state index contributed by atoms with van der Waals surface area (Å²) < 4.78 is 1.01. The van der Waals surface area contributed by atoms with Gasteiger partial charge in [-0.15, -0.1) is 10.2 Å². The lowest BCUT2D eigenvalue weighted by Crippen LogP contribution is -2.32. The van der Waals surface area contributed by atoms with Gasteiger partial charge in [-0.05, 0) is 24.8 Å². The SMILES string of the molecule is CSc1nnc(/C=C/c2ccc(C)cc2)c(=O)n1N. The van der Waals surface area contributed by atoms with E-state index in [-0.39, 0.29) is 11.3 Å². The molecule has 0 saturated carbocycles. The molecule has 0 aliphatic rings. The number of benzene rings is 1.